The average Bonchev–Trinajstić information content (AvgIpc) is 3.12. The standard InChI is InChI=1S/C24H25N3O5/c1-15-21(16(2)26-22(15)24(30)32-4)20(28)14-27(13-18-9-5-6-11-25-18)23(29)17-8-7-10-19(12-17)31-3/h5-12,26H,13-14H2,1-4H3. The van der Waals surface area contributed by atoms with E-state index in [-0.39, 0.29) is 30.5 Å². The number of nitrogens with one attached hydrogen (secondary N) is 1. The minimum Gasteiger partial charge on any atom is -0.497 e. The van der Waals surface area contributed by atoms with Crippen LogP contribution >= 0.6 is 0 Å². The molecule has 0 saturated heterocycles. The van der Waals surface area contributed by atoms with Gasteiger partial charge in [-0.15, -0.1) is 0 Å². The number of aryl methyl sites for hydroxylation is 1. The number of esters is 1. The second kappa shape index (κ2) is 9.91. The molecule has 0 saturated carbocycles. The molecule has 8 nitrogen and oxygen atoms in total. The van der Waals surface area contributed by atoms with Gasteiger partial charge in [-0.1, -0.05) is 12.1 Å². The number of carbonyl (C=O) groups excluding carboxylic acids is 3. The summed E-state index contributed by atoms with van der Waals surface area (Å²) in [6.07, 6.45) is 1.63. The minimum absolute atomic E-state index is 0.148. The number of methoxy groups -OCH3 is 2. The van der Waals surface area contributed by atoms with Gasteiger partial charge in [-0.25, -0.2) is 4.79 Å². The van der Waals surface area contributed by atoms with Crippen molar-refractivity contribution in [2.45, 2.75) is 20.4 Å². The van der Waals surface area contributed by atoms with Gasteiger partial charge in [0, 0.05) is 23.0 Å². The minimum atomic E-state index is -0.553. The summed E-state index contributed by atoms with van der Waals surface area (Å²) in [6, 6.07) is 12.1. The molecule has 166 valence electrons. The molecule has 2 aromatic heterocycles. The summed E-state index contributed by atoms with van der Waals surface area (Å²) < 4.78 is 10.00. The molecule has 0 aliphatic carbocycles. The summed E-state index contributed by atoms with van der Waals surface area (Å²) in [6.45, 7) is 3.34. The molecule has 0 unspecified atom stereocenters. The smallest absolute Gasteiger partial charge is 0.354 e. The fraction of sp³-hybridized carbons (Fsp3) is 0.250. The van der Waals surface area contributed by atoms with Crippen molar-refractivity contribution in [1.29, 1.82) is 0 Å². The van der Waals surface area contributed by atoms with E-state index in [1.807, 2.05) is 6.07 Å². The number of H-pyrrole nitrogens is 1. The zero-order valence-electron chi connectivity index (χ0n) is 18.5. The highest BCUT2D eigenvalue weighted by molar-refractivity contribution is 6.05. The number of aromatic nitrogens is 2. The van der Waals surface area contributed by atoms with Gasteiger partial charge in [-0.2, -0.15) is 0 Å². The van der Waals surface area contributed by atoms with Crippen molar-refractivity contribution in [2.24, 2.45) is 0 Å². The Morgan fingerprint density at radius 3 is 2.50 bits per heavy atom. The zero-order valence-corrected chi connectivity index (χ0v) is 18.5. The van der Waals surface area contributed by atoms with Crippen LogP contribution in [0.1, 0.15) is 48.2 Å². The van der Waals surface area contributed by atoms with Crippen molar-refractivity contribution in [2.75, 3.05) is 20.8 Å². The molecule has 0 spiro atoms. The third-order valence-electron chi connectivity index (χ3n) is 5.12. The van der Waals surface area contributed by atoms with Crippen LogP contribution in [0.5, 0.6) is 5.75 Å². The average molecular weight is 435 g/mol. The Morgan fingerprint density at radius 2 is 1.84 bits per heavy atom. The van der Waals surface area contributed by atoms with Crippen LogP contribution in [-0.4, -0.2) is 53.3 Å². The van der Waals surface area contributed by atoms with Crippen LogP contribution in [-0.2, 0) is 11.3 Å². The van der Waals surface area contributed by atoms with Crippen molar-refractivity contribution in [3.63, 3.8) is 0 Å². The van der Waals surface area contributed by atoms with Crippen LogP contribution in [0.4, 0.5) is 0 Å². The summed E-state index contributed by atoms with van der Waals surface area (Å²) in [7, 11) is 2.80. The second-order valence-corrected chi connectivity index (χ2v) is 7.25. The van der Waals surface area contributed by atoms with E-state index in [1.165, 1.54) is 19.1 Å². The first-order chi connectivity index (χ1) is 15.3. The molecule has 2 heterocycles. The first kappa shape index (κ1) is 22.7. The SMILES string of the molecule is COC(=O)c1[nH]c(C)c(C(=O)CN(Cc2ccccn2)C(=O)c2cccc(OC)c2)c1C. The summed E-state index contributed by atoms with van der Waals surface area (Å²) in [4.78, 5) is 47.2. The fourth-order valence-corrected chi connectivity index (χ4v) is 3.55. The van der Waals surface area contributed by atoms with Crippen molar-refractivity contribution in [3.05, 3.63) is 82.4 Å². The highest BCUT2D eigenvalue weighted by Crippen LogP contribution is 2.21. The van der Waals surface area contributed by atoms with Crippen LogP contribution < -0.4 is 4.74 Å². The lowest BCUT2D eigenvalue weighted by Gasteiger charge is -2.22. The van der Waals surface area contributed by atoms with Gasteiger partial charge >= 0.3 is 5.97 Å². The Labute approximate surface area is 186 Å². The van der Waals surface area contributed by atoms with Crippen LogP contribution in [0.3, 0.4) is 0 Å². The maximum atomic E-state index is 13.3. The Hall–Kier alpha value is -3.94. The molecule has 0 radical (unpaired) electrons. The number of ether oxygens (including phenoxy) is 2. The van der Waals surface area contributed by atoms with Gasteiger partial charge in [0.2, 0.25) is 0 Å². The predicted octanol–water partition coefficient (Wildman–Crippen LogP) is 3.35. The first-order valence-electron chi connectivity index (χ1n) is 9.99. The number of benzene rings is 1. The fourth-order valence-electron chi connectivity index (χ4n) is 3.55. The first-order valence-corrected chi connectivity index (χ1v) is 9.99. The van der Waals surface area contributed by atoms with Crippen molar-refractivity contribution < 1.29 is 23.9 Å². The number of nitrogens with zero attached hydrogens (tertiary/aromatic N) is 2. The summed E-state index contributed by atoms with van der Waals surface area (Å²) in [5.74, 6) is -0.636. The lowest BCUT2D eigenvalue weighted by atomic mass is 10.0. The van der Waals surface area contributed by atoms with Gasteiger partial charge in [0.15, 0.2) is 5.78 Å². The number of rotatable bonds is 8. The number of pyridine rings is 1. The van der Waals surface area contributed by atoms with E-state index >= 15 is 0 Å². The second-order valence-electron chi connectivity index (χ2n) is 7.25. The quantitative estimate of drug-likeness (QED) is 0.430. The van der Waals surface area contributed by atoms with Gasteiger partial charge < -0.3 is 19.4 Å². The van der Waals surface area contributed by atoms with E-state index in [4.69, 9.17) is 9.47 Å². The maximum Gasteiger partial charge on any atom is 0.354 e. The summed E-state index contributed by atoms with van der Waals surface area (Å²) >= 11 is 0. The summed E-state index contributed by atoms with van der Waals surface area (Å²) in [5.41, 5.74) is 2.67. The lowest BCUT2D eigenvalue weighted by Crippen LogP contribution is -2.36. The molecule has 0 bridgehead atoms. The molecular formula is C24H25N3O5. The van der Waals surface area contributed by atoms with E-state index < -0.39 is 5.97 Å². The molecule has 3 aromatic rings. The van der Waals surface area contributed by atoms with Gasteiger partial charge in [-0.05, 0) is 49.7 Å². The predicted molar refractivity (Wildman–Crippen MR) is 118 cm³/mol. The van der Waals surface area contributed by atoms with Crippen LogP contribution in [0.15, 0.2) is 48.7 Å². The Morgan fingerprint density at radius 1 is 1.06 bits per heavy atom. The number of aromatic amines is 1. The van der Waals surface area contributed by atoms with E-state index in [1.54, 1.807) is 56.4 Å². The van der Waals surface area contributed by atoms with E-state index in [2.05, 4.69) is 9.97 Å². The monoisotopic (exact) mass is 435 g/mol. The van der Waals surface area contributed by atoms with E-state index in [0.29, 0.717) is 33.8 Å². The van der Waals surface area contributed by atoms with Crippen molar-refractivity contribution in [1.82, 2.24) is 14.9 Å². The number of ketones is 1. The molecule has 32 heavy (non-hydrogen) atoms. The molecule has 1 amide bonds. The Bertz CT molecular complexity index is 1140. The number of amides is 1. The van der Waals surface area contributed by atoms with E-state index in [9.17, 15) is 14.4 Å². The normalized spacial score (nSPS) is 10.5. The third kappa shape index (κ3) is 4.85. The molecule has 0 aliphatic rings. The molecule has 3 rings (SSSR count). The van der Waals surface area contributed by atoms with Crippen molar-refractivity contribution >= 4 is 17.7 Å². The largest absolute Gasteiger partial charge is 0.497 e. The third-order valence-corrected chi connectivity index (χ3v) is 5.12. The highest BCUT2D eigenvalue weighted by Gasteiger charge is 2.26. The lowest BCUT2D eigenvalue weighted by molar-refractivity contribution is 0.0593. The molecule has 0 fully saturated rings. The Balaban J connectivity index is 1.93. The van der Waals surface area contributed by atoms with Gasteiger partial charge in [0.05, 0.1) is 33.0 Å². The molecule has 0 aliphatic heterocycles. The Kier molecular flexibility index (Phi) is 7.04. The number of carbonyl (C=O) groups is 3. The summed E-state index contributed by atoms with van der Waals surface area (Å²) in [5, 5.41) is 0. The molecule has 0 atom stereocenters. The topological polar surface area (TPSA) is 102 Å². The number of hydrogen-bond acceptors (Lipinski definition) is 6. The highest BCUT2D eigenvalue weighted by atomic mass is 16.5. The van der Waals surface area contributed by atoms with Gasteiger partial charge in [-0.3, -0.25) is 14.6 Å². The van der Waals surface area contributed by atoms with Crippen LogP contribution in [0, 0.1) is 13.8 Å². The molecule has 1 aromatic carbocycles. The maximum absolute atomic E-state index is 13.3. The molecule has 8 heteroatoms. The van der Waals surface area contributed by atoms with Gasteiger partial charge in [0.1, 0.15) is 11.4 Å². The van der Waals surface area contributed by atoms with Crippen LogP contribution in [0.2, 0.25) is 0 Å². The van der Waals surface area contributed by atoms with Crippen LogP contribution in [0.25, 0.3) is 0 Å². The number of Topliss-reactive ketones (excluding diaryl/α,β-unsaturated/α-hetero) is 1. The number of hydrogen-bond donors (Lipinski definition) is 1. The van der Waals surface area contributed by atoms with Gasteiger partial charge in [0.25, 0.3) is 5.91 Å². The molecular weight excluding hydrogens is 410 g/mol. The van der Waals surface area contributed by atoms with Crippen molar-refractivity contribution in [3.8, 4) is 5.75 Å². The molecule has 1 N–H and O–H groups in total. The zero-order chi connectivity index (χ0) is 23.3. The van der Waals surface area contributed by atoms with E-state index in [0.717, 1.165) is 0 Å².